The highest BCUT2D eigenvalue weighted by Gasteiger charge is 2.23. The number of quaternary nitrogens is 1. The van der Waals surface area contributed by atoms with Crippen molar-refractivity contribution in [3.05, 3.63) is 146 Å². The molecule has 3 unspecified atom stereocenters. The average molecular weight is 989 g/mol. The van der Waals surface area contributed by atoms with E-state index in [4.69, 9.17) is 9.05 Å². The minimum Gasteiger partial charge on any atom is -0.756 e. The van der Waals surface area contributed by atoms with Gasteiger partial charge in [0.25, 0.3) is 7.82 Å². The highest BCUT2D eigenvalue weighted by Crippen LogP contribution is 2.38. The van der Waals surface area contributed by atoms with Gasteiger partial charge in [-0.05, 0) is 109 Å². The molecular weight excluding hydrogens is 888 g/mol. The molecule has 0 aliphatic carbocycles. The van der Waals surface area contributed by atoms with E-state index < -0.39 is 26.6 Å². The lowest BCUT2D eigenvalue weighted by atomic mass is 10.1. The summed E-state index contributed by atoms with van der Waals surface area (Å²) in [5.41, 5.74) is 0. The van der Waals surface area contributed by atoms with Gasteiger partial charge in [-0.25, -0.2) is 0 Å². The Morgan fingerprint density at radius 2 is 0.886 bits per heavy atom. The van der Waals surface area contributed by atoms with Crippen molar-refractivity contribution >= 4 is 13.7 Å². The van der Waals surface area contributed by atoms with Crippen molar-refractivity contribution in [2.45, 2.75) is 193 Å². The molecule has 70 heavy (non-hydrogen) atoms. The molecule has 0 saturated heterocycles. The Morgan fingerprint density at radius 3 is 1.33 bits per heavy atom. The number of aliphatic hydroxyl groups is 1. The summed E-state index contributed by atoms with van der Waals surface area (Å²) in [7, 11) is 1.21. The Kier molecular flexibility index (Phi) is 47.7. The van der Waals surface area contributed by atoms with Crippen LogP contribution in [0.3, 0.4) is 0 Å². The Hall–Kier alpha value is -3.62. The van der Waals surface area contributed by atoms with Gasteiger partial charge in [0.05, 0.1) is 39.9 Å². The van der Waals surface area contributed by atoms with E-state index in [-0.39, 0.29) is 12.5 Å². The quantitative estimate of drug-likeness (QED) is 0.0272. The van der Waals surface area contributed by atoms with Gasteiger partial charge in [0.15, 0.2) is 0 Å². The largest absolute Gasteiger partial charge is 0.756 e. The highest BCUT2D eigenvalue weighted by molar-refractivity contribution is 7.45. The maximum absolute atomic E-state index is 12.9. The van der Waals surface area contributed by atoms with Gasteiger partial charge in [0.1, 0.15) is 13.2 Å². The van der Waals surface area contributed by atoms with Crippen LogP contribution in [0.5, 0.6) is 0 Å². The van der Waals surface area contributed by atoms with Gasteiger partial charge in [-0.2, -0.15) is 0 Å². The van der Waals surface area contributed by atoms with Crippen LogP contribution in [0.1, 0.15) is 181 Å². The van der Waals surface area contributed by atoms with Crippen LogP contribution in [0.25, 0.3) is 0 Å². The molecule has 396 valence electrons. The molecule has 0 aliphatic heterocycles. The average Bonchev–Trinajstić information content (AvgIpc) is 3.32. The summed E-state index contributed by atoms with van der Waals surface area (Å²) in [5.74, 6) is -0.226. The molecule has 9 heteroatoms. The number of hydrogen-bond donors (Lipinski definition) is 2. The molecule has 0 heterocycles. The van der Waals surface area contributed by atoms with Crippen LogP contribution in [0.15, 0.2) is 146 Å². The smallest absolute Gasteiger partial charge is 0.268 e. The van der Waals surface area contributed by atoms with Crippen molar-refractivity contribution < 1.29 is 32.9 Å². The zero-order chi connectivity index (χ0) is 51.3. The number of aliphatic hydroxyl groups excluding tert-OH is 1. The lowest BCUT2D eigenvalue weighted by Gasteiger charge is -2.29. The van der Waals surface area contributed by atoms with E-state index in [9.17, 15) is 19.4 Å². The Labute approximate surface area is 429 Å². The van der Waals surface area contributed by atoms with Gasteiger partial charge in [0, 0.05) is 6.42 Å². The number of amides is 1. The first kappa shape index (κ1) is 66.4. The SMILES string of the molecule is CC/C=C\C/C=C\C/C=C\C/C=C\C/C=C\C/C=C\C/C=C\C/C=C\C/C=C\C/C=C\CCCCCCCCCCC(=O)NC(COP(=O)([O-])OCC[N+](C)(C)C)C(O)/C=C/CC/C=C/CCCCC. The number of carbonyl (C=O) groups excluding carboxylic acids is 1. The lowest BCUT2D eigenvalue weighted by Crippen LogP contribution is -2.45. The molecule has 8 nitrogen and oxygen atoms in total. The fourth-order valence-electron chi connectivity index (χ4n) is 6.78. The third kappa shape index (κ3) is 52.2. The van der Waals surface area contributed by atoms with Crippen LogP contribution in [0, 0.1) is 0 Å². The third-order valence-electron chi connectivity index (χ3n) is 11.0. The molecule has 0 fully saturated rings. The maximum Gasteiger partial charge on any atom is 0.268 e. The second-order valence-electron chi connectivity index (χ2n) is 18.8. The number of phosphoric acid groups is 1. The van der Waals surface area contributed by atoms with Crippen molar-refractivity contribution in [3.63, 3.8) is 0 Å². The number of phosphoric ester groups is 1. The number of rotatable bonds is 47. The number of nitrogens with zero attached hydrogens (tertiary/aromatic N) is 1. The normalized spacial score (nSPS) is 15.1. The van der Waals surface area contributed by atoms with Crippen LogP contribution in [0.4, 0.5) is 0 Å². The molecule has 2 N–H and O–H groups in total. The molecule has 3 atom stereocenters. The van der Waals surface area contributed by atoms with Crippen molar-refractivity contribution in [2.75, 3.05) is 40.9 Å². The van der Waals surface area contributed by atoms with Gasteiger partial charge < -0.3 is 28.8 Å². The van der Waals surface area contributed by atoms with Crippen molar-refractivity contribution in [3.8, 4) is 0 Å². The van der Waals surface area contributed by atoms with Crippen LogP contribution in [-0.2, 0) is 18.4 Å². The zero-order valence-electron chi connectivity index (χ0n) is 44.9. The molecule has 0 saturated carbocycles. The molecule has 0 aromatic rings. The number of carbonyl (C=O) groups is 1. The lowest BCUT2D eigenvalue weighted by molar-refractivity contribution is -0.870. The van der Waals surface area contributed by atoms with E-state index in [2.05, 4.69) is 153 Å². The van der Waals surface area contributed by atoms with E-state index in [0.29, 0.717) is 17.4 Å². The first-order valence-corrected chi connectivity index (χ1v) is 28.7. The number of nitrogens with one attached hydrogen (secondary N) is 1. The Morgan fingerprint density at radius 1 is 0.514 bits per heavy atom. The zero-order valence-corrected chi connectivity index (χ0v) is 45.8. The molecule has 0 rings (SSSR count). The molecule has 0 aromatic carbocycles. The number of allylic oxidation sites excluding steroid dienone is 23. The summed E-state index contributed by atoms with van der Waals surface area (Å²) >= 11 is 0. The predicted octanol–water partition coefficient (Wildman–Crippen LogP) is 15.9. The van der Waals surface area contributed by atoms with E-state index in [1.807, 2.05) is 27.2 Å². The van der Waals surface area contributed by atoms with Crippen molar-refractivity contribution in [2.24, 2.45) is 0 Å². The Bertz CT molecular complexity index is 1640. The topological polar surface area (TPSA) is 108 Å². The van der Waals surface area contributed by atoms with Gasteiger partial charge in [0.2, 0.25) is 5.91 Å². The van der Waals surface area contributed by atoms with Crippen molar-refractivity contribution in [1.29, 1.82) is 0 Å². The summed E-state index contributed by atoms with van der Waals surface area (Å²) < 4.78 is 23.1. The second-order valence-corrected chi connectivity index (χ2v) is 20.2. The number of likely N-dealkylation sites (N-methyl/N-ethyl adjacent to an activating group) is 1. The minimum absolute atomic E-state index is 0.0160. The summed E-state index contributed by atoms with van der Waals surface area (Å²) in [5, 5.41) is 13.7. The minimum atomic E-state index is -4.61. The molecule has 0 aromatic heterocycles. The van der Waals surface area contributed by atoms with Gasteiger partial charge in [-0.15, -0.1) is 0 Å². The van der Waals surface area contributed by atoms with Crippen LogP contribution >= 0.6 is 7.82 Å². The molecule has 0 bridgehead atoms. The van der Waals surface area contributed by atoms with E-state index in [1.165, 1.54) is 44.9 Å². The highest BCUT2D eigenvalue weighted by atomic mass is 31.2. The molecule has 0 radical (unpaired) electrons. The monoisotopic (exact) mass is 989 g/mol. The standard InChI is InChI=1S/C61H101N2O6P/c1-6-8-10-12-14-16-17-18-19-20-21-22-23-24-25-26-27-28-29-30-31-32-33-34-35-36-37-38-39-40-41-42-43-44-45-47-49-51-53-55-61(65)62-59(58-69-70(66,67)68-57-56-63(3,4)5)60(64)54-52-50-48-46-15-13-11-9-7-2/h8,10,14-16,18-19,21-22,24-25,27-28,30-31,33-34,36-37,39-40,46,52,54,59-60,64H,6-7,9,11-13,17,20,23,26,29,32,35,38,41-45,47-51,53,55-58H2,1-5H3,(H-,62,65,66,67)/b10-8-,16-14-,19-18-,22-21-,25-24-,28-27-,31-30-,34-33-,37-36-,40-39-,46-15+,54-52+. The third-order valence-corrected chi connectivity index (χ3v) is 12.0. The second kappa shape index (κ2) is 50.3. The molecule has 1 amide bonds. The molecule has 0 spiro atoms. The number of hydrogen-bond acceptors (Lipinski definition) is 6. The van der Waals surface area contributed by atoms with E-state index >= 15 is 0 Å². The van der Waals surface area contributed by atoms with Crippen LogP contribution in [0.2, 0.25) is 0 Å². The van der Waals surface area contributed by atoms with E-state index in [1.54, 1.807) is 6.08 Å². The maximum atomic E-state index is 12.9. The van der Waals surface area contributed by atoms with E-state index in [0.717, 1.165) is 116 Å². The van der Waals surface area contributed by atoms with Gasteiger partial charge in [-0.3, -0.25) is 9.36 Å². The van der Waals surface area contributed by atoms with Gasteiger partial charge in [-0.1, -0.05) is 211 Å². The summed E-state index contributed by atoms with van der Waals surface area (Å²) in [4.78, 5) is 25.3. The summed E-state index contributed by atoms with van der Waals surface area (Å²) in [6, 6.07) is -0.916. The van der Waals surface area contributed by atoms with Crippen LogP contribution in [-0.4, -0.2) is 68.5 Å². The Balaban J connectivity index is 4.09. The summed E-state index contributed by atoms with van der Waals surface area (Å²) in [6.07, 6.45) is 78.0. The first-order chi connectivity index (χ1) is 34.0. The predicted molar refractivity (Wildman–Crippen MR) is 301 cm³/mol. The molecule has 0 aliphatic rings. The van der Waals surface area contributed by atoms with Crippen LogP contribution < -0.4 is 10.2 Å². The number of unbranched alkanes of at least 4 members (excludes halogenated alkanes) is 12. The molecular formula is C61H101N2O6P. The summed E-state index contributed by atoms with van der Waals surface area (Å²) in [6.45, 7) is 4.41. The van der Waals surface area contributed by atoms with Gasteiger partial charge >= 0.3 is 0 Å². The fraction of sp³-hybridized carbons (Fsp3) is 0.590. The van der Waals surface area contributed by atoms with Crippen molar-refractivity contribution in [1.82, 2.24) is 5.32 Å². The first-order valence-electron chi connectivity index (χ1n) is 27.2. The fourth-order valence-corrected chi connectivity index (χ4v) is 7.51.